The van der Waals surface area contributed by atoms with Crippen LogP contribution in [0, 0.1) is 0 Å². The zero-order valence-electron chi connectivity index (χ0n) is 8.49. The fraction of sp³-hybridized carbons (Fsp3) is 0.400. The molecule has 0 atom stereocenters. The average Bonchev–Trinajstić information content (AvgIpc) is 3.00. The molecule has 0 unspecified atom stereocenters. The lowest BCUT2D eigenvalue weighted by molar-refractivity contribution is -0.139. The first kappa shape index (κ1) is 11.7. The third-order valence-corrected chi connectivity index (χ3v) is 2.22. The topological polar surface area (TPSA) is 59.4 Å². The Morgan fingerprint density at radius 3 is 2.59 bits per heavy atom. The molecule has 2 rings (SSSR count). The van der Waals surface area contributed by atoms with E-state index >= 15 is 0 Å². The Labute approximate surface area is 94.0 Å². The van der Waals surface area contributed by atoms with Gasteiger partial charge in [-0.25, -0.2) is 9.78 Å². The van der Waals surface area contributed by atoms with Gasteiger partial charge in [-0.2, -0.15) is 13.2 Å². The maximum Gasteiger partial charge on any atom is 0.420 e. The van der Waals surface area contributed by atoms with Crippen LogP contribution in [0.15, 0.2) is 12.3 Å². The molecule has 1 N–H and O–H groups in total. The first-order valence-electron chi connectivity index (χ1n) is 4.85. The van der Waals surface area contributed by atoms with Gasteiger partial charge in [-0.3, -0.25) is 0 Å². The van der Waals surface area contributed by atoms with E-state index in [4.69, 9.17) is 9.84 Å². The van der Waals surface area contributed by atoms with Crippen molar-refractivity contribution >= 4 is 5.97 Å². The SMILES string of the molecule is O=C(O)c1nccc(C(F)(F)F)c1OC1CC1. The van der Waals surface area contributed by atoms with Crippen LogP contribution in [0.2, 0.25) is 0 Å². The van der Waals surface area contributed by atoms with Crippen LogP contribution in [0.25, 0.3) is 0 Å². The first-order chi connectivity index (χ1) is 7.89. The van der Waals surface area contributed by atoms with Crippen LogP contribution in [0.3, 0.4) is 0 Å². The van der Waals surface area contributed by atoms with Gasteiger partial charge in [-0.05, 0) is 18.9 Å². The van der Waals surface area contributed by atoms with E-state index in [9.17, 15) is 18.0 Å². The molecule has 17 heavy (non-hydrogen) atoms. The predicted molar refractivity (Wildman–Crippen MR) is 49.8 cm³/mol. The molecule has 1 heterocycles. The number of hydrogen-bond acceptors (Lipinski definition) is 3. The molecule has 0 amide bonds. The normalized spacial score (nSPS) is 15.7. The number of ether oxygens (including phenoxy) is 1. The van der Waals surface area contributed by atoms with Gasteiger partial charge < -0.3 is 9.84 Å². The van der Waals surface area contributed by atoms with Crippen LogP contribution < -0.4 is 4.74 Å². The summed E-state index contributed by atoms with van der Waals surface area (Å²) >= 11 is 0. The molecule has 1 aliphatic rings. The van der Waals surface area contributed by atoms with Gasteiger partial charge in [0.05, 0.1) is 6.10 Å². The molecule has 0 saturated heterocycles. The second kappa shape index (κ2) is 3.90. The highest BCUT2D eigenvalue weighted by Crippen LogP contribution is 2.40. The third-order valence-electron chi connectivity index (χ3n) is 2.22. The van der Waals surface area contributed by atoms with E-state index in [0.29, 0.717) is 18.9 Å². The molecule has 0 radical (unpaired) electrons. The standard InChI is InChI=1S/C10H8F3NO3/c11-10(12,13)6-3-4-14-7(9(15)16)8(6)17-5-1-2-5/h3-5H,1-2H2,(H,15,16). The van der Waals surface area contributed by atoms with E-state index in [1.54, 1.807) is 0 Å². The number of carbonyl (C=O) groups is 1. The highest BCUT2D eigenvalue weighted by Gasteiger charge is 2.39. The molecular formula is C10H8F3NO3. The number of rotatable bonds is 3. The monoisotopic (exact) mass is 247 g/mol. The Bertz CT molecular complexity index is 455. The summed E-state index contributed by atoms with van der Waals surface area (Å²) in [5.41, 5.74) is -1.80. The molecule has 92 valence electrons. The number of nitrogens with zero attached hydrogens (tertiary/aromatic N) is 1. The Hall–Kier alpha value is -1.79. The number of pyridine rings is 1. The lowest BCUT2D eigenvalue weighted by atomic mass is 10.2. The Morgan fingerprint density at radius 2 is 2.12 bits per heavy atom. The average molecular weight is 247 g/mol. The highest BCUT2D eigenvalue weighted by molar-refractivity contribution is 5.89. The highest BCUT2D eigenvalue weighted by atomic mass is 19.4. The van der Waals surface area contributed by atoms with E-state index < -0.39 is 29.2 Å². The van der Waals surface area contributed by atoms with Crippen LogP contribution in [-0.2, 0) is 6.18 Å². The van der Waals surface area contributed by atoms with Gasteiger partial charge in [0.1, 0.15) is 5.56 Å². The predicted octanol–water partition coefficient (Wildman–Crippen LogP) is 2.34. The Kier molecular flexibility index (Phi) is 2.68. The Balaban J connectivity index is 2.49. The quantitative estimate of drug-likeness (QED) is 0.890. The van der Waals surface area contributed by atoms with E-state index in [0.717, 1.165) is 6.20 Å². The molecule has 1 saturated carbocycles. The van der Waals surface area contributed by atoms with Crippen molar-refractivity contribution in [2.75, 3.05) is 0 Å². The smallest absolute Gasteiger partial charge is 0.420 e. The van der Waals surface area contributed by atoms with E-state index in [1.807, 2.05) is 0 Å². The summed E-state index contributed by atoms with van der Waals surface area (Å²) in [7, 11) is 0. The number of halogens is 3. The minimum absolute atomic E-state index is 0.335. The summed E-state index contributed by atoms with van der Waals surface area (Å²) in [5, 5.41) is 8.78. The van der Waals surface area contributed by atoms with Crippen molar-refractivity contribution in [3.8, 4) is 5.75 Å². The first-order valence-corrected chi connectivity index (χ1v) is 4.85. The number of hydrogen-bond donors (Lipinski definition) is 1. The minimum Gasteiger partial charge on any atom is -0.487 e. The van der Waals surface area contributed by atoms with Crippen molar-refractivity contribution < 1.29 is 27.8 Å². The number of alkyl halides is 3. The largest absolute Gasteiger partial charge is 0.487 e. The molecule has 1 fully saturated rings. The van der Waals surface area contributed by atoms with Gasteiger partial charge in [0.2, 0.25) is 0 Å². The van der Waals surface area contributed by atoms with E-state index in [1.165, 1.54) is 0 Å². The van der Waals surface area contributed by atoms with Crippen molar-refractivity contribution in [2.45, 2.75) is 25.1 Å². The van der Waals surface area contributed by atoms with Crippen molar-refractivity contribution in [3.05, 3.63) is 23.5 Å². The van der Waals surface area contributed by atoms with Gasteiger partial charge in [0.15, 0.2) is 11.4 Å². The number of carboxylic acids is 1. The van der Waals surface area contributed by atoms with Gasteiger partial charge in [0.25, 0.3) is 0 Å². The van der Waals surface area contributed by atoms with Crippen molar-refractivity contribution in [3.63, 3.8) is 0 Å². The second-order valence-corrected chi connectivity index (χ2v) is 3.66. The van der Waals surface area contributed by atoms with Gasteiger partial charge in [0, 0.05) is 6.20 Å². The number of carboxylic acid groups (broad SMARTS) is 1. The van der Waals surface area contributed by atoms with Crippen LogP contribution in [0.5, 0.6) is 5.75 Å². The molecule has 0 aromatic carbocycles. The van der Waals surface area contributed by atoms with E-state index in [2.05, 4.69) is 4.98 Å². The number of aromatic carboxylic acids is 1. The fourth-order valence-corrected chi connectivity index (χ4v) is 1.30. The zero-order valence-corrected chi connectivity index (χ0v) is 8.49. The molecule has 0 bridgehead atoms. The molecule has 0 spiro atoms. The summed E-state index contributed by atoms with van der Waals surface area (Å²) in [6.07, 6.45) is -2.92. The maximum absolute atomic E-state index is 12.7. The zero-order chi connectivity index (χ0) is 12.6. The summed E-state index contributed by atoms with van der Waals surface area (Å²) in [5.74, 6) is -2.22. The lowest BCUT2D eigenvalue weighted by Crippen LogP contribution is -2.14. The second-order valence-electron chi connectivity index (χ2n) is 3.66. The minimum atomic E-state index is -4.66. The molecule has 1 aromatic heterocycles. The molecule has 1 aliphatic carbocycles. The van der Waals surface area contributed by atoms with Crippen molar-refractivity contribution in [1.29, 1.82) is 0 Å². The number of aromatic nitrogens is 1. The van der Waals surface area contributed by atoms with Crippen LogP contribution in [0.1, 0.15) is 28.9 Å². The summed E-state index contributed by atoms with van der Waals surface area (Å²) < 4.78 is 43.0. The van der Waals surface area contributed by atoms with Crippen LogP contribution in [-0.4, -0.2) is 22.2 Å². The lowest BCUT2D eigenvalue weighted by Gasteiger charge is -2.14. The summed E-state index contributed by atoms with van der Waals surface area (Å²) in [4.78, 5) is 14.2. The fourth-order valence-electron chi connectivity index (χ4n) is 1.30. The molecule has 0 aliphatic heterocycles. The Morgan fingerprint density at radius 1 is 1.47 bits per heavy atom. The molecular weight excluding hydrogens is 239 g/mol. The van der Waals surface area contributed by atoms with Crippen molar-refractivity contribution in [2.24, 2.45) is 0 Å². The summed E-state index contributed by atoms with van der Waals surface area (Å²) in [6, 6.07) is 0.712. The van der Waals surface area contributed by atoms with Gasteiger partial charge in [-0.15, -0.1) is 0 Å². The van der Waals surface area contributed by atoms with Gasteiger partial charge >= 0.3 is 12.1 Å². The van der Waals surface area contributed by atoms with Crippen molar-refractivity contribution in [1.82, 2.24) is 4.98 Å². The molecule has 1 aromatic rings. The van der Waals surface area contributed by atoms with E-state index in [-0.39, 0.29) is 6.10 Å². The summed E-state index contributed by atoms with van der Waals surface area (Å²) in [6.45, 7) is 0. The molecule has 7 heteroatoms. The third kappa shape index (κ3) is 2.48. The van der Waals surface area contributed by atoms with Crippen LogP contribution in [0.4, 0.5) is 13.2 Å². The van der Waals surface area contributed by atoms with Crippen LogP contribution >= 0.6 is 0 Å². The van der Waals surface area contributed by atoms with Gasteiger partial charge in [-0.1, -0.05) is 0 Å². The molecule has 4 nitrogen and oxygen atoms in total. The maximum atomic E-state index is 12.7.